The van der Waals surface area contributed by atoms with E-state index in [1.807, 2.05) is 0 Å². The molecule has 0 aromatic carbocycles. The molecule has 0 aliphatic carbocycles. The van der Waals surface area contributed by atoms with Gasteiger partial charge >= 0.3 is 17.6 Å². The average molecular weight is 342 g/mol. The van der Waals surface area contributed by atoms with Crippen LogP contribution in [0.3, 0.4) is 0 Å². The SMILES string of the molecule is CO[C@H]1C(OC(C)=O)[C@@H](COC(C)=O)O[C@H]1n1ccc(=O)[nH]c1=O. The van der Waals surface area contributed by atoms with E-state index < -0.39 is 47.7 Å². The fourth-order valence-electron chi connectivity index (χ4n) is 2.48. The van der Waals surface area contributed by atoms with Crippen LogP contribution in [0.15, 0.2) is 21.9 Å². The van der Waals surface area contributed by atoms with Crippen LogP contribution in [0, 0.1) is 0 Å². The van der Waals surface area contributed by atoms with Crippen LogP contribution in [0.4, 0.5) is 0 Å². The molecule has 1 aromatic heterocycles. The molecule has 4 atom stereocenters. The summed E-state index contributed by atoms with van der Waals surface area (Å²) in [5.74, 6) is -1.10. The predicted octanol–water partition coefficient (Wildman–Crippen LogP) is -1.06. The van der Waals surface area contributed by atoms with Crippen LogP contribution in [0.1, 0.15) is 20.1 Å². The smallest absolute Gasteiger partial charge is 0.330 e. The average Bonchev–Trinajstić information content (AvgIpc) is 2.82. The maximum absolute atomic E-state index is 12.0. The van der Waals surface area contributed by atoms with Crippen molar-refractivity contribution in [3.63, 3.8) is 0 Å². The van der Waals surface area contributed by atoms with Gasteiger partial charge in [0.25, 0.3) is 5.56 Å². The minimum Gasteiger partial charge on any atom is -0.463 e. The van der Waals surface area contributed by atoms with Crippen LogP contribution in [-0.4, -0.2) is 53.5 Å². The number of hydrogen-bond donors (Lipinski definition) is 1. The number of carbonyl (C=O) groups excluding carboxylic acids is 2. The molecule has 2 heterocycles. The number of aromatic nitrogens is 2. The second-order valence-electron chi connectivity index (χ2n) is 5.16. The Bertz CT molecular complexity index is 724. The highest BCUT2D eigenvalue weighted by Crippen LogP contribution is 2.32. The molecule has 1 saturated heterocycles. The van der Waals surface area contributed by atoms with E-state index in [1.165, 1.54) is 27.2 Å². The van der Waals surface area contributed by atoms with Crippen molar-refractivity contribution in [1.82, 2.24) is 9.55 Å². The summed E-state index contributed by atoms with van der Waals surface area (Å²) in [6.07, 6.45) is -2.28. The summed E-state index contributed by atoms with van der Waals surface area (Å²) in [7, 11) is 1.36. The summed E-state index contributed by atoms with van der Waals surface area (Å²) in [5.41, 5.74) is -1.26. The van der Waals surface area contributed by atoms with Gasteiger partial charge in [0.15, 0.2) is 12.3 Å². The number of H-pyrrole nitrogens is 1. The number of esters is 2. The number of ether oxygens (including phenoxy) is 4. The lowest BCUT2D eigenvalue weighted by atomic mass is 10.1. The van der Waals surface area contributed by atoms with Crippen molar-refractivity contribution in [3.05, 3.63) is 33.1 Å². The van der Waals surface area contributed by atoms with E-state index in [4.69, 9.17) is 18.9 Å². The molecular weight excluding hydrogens is 324 g/mol. The number of hydrogen-bond acceptors (Lipinski definition) is 8. The van der Waals surface area contributed by atoms with E-state index in [-0.39, 0.29) is 6.61 Å². The Hall–Kier alpha value is -2.46. The van der Waals surface area contributed by atoms with E-state index in [1.54, 1.807) is 0 Å². The van der Waals surface area contributed by atoms with Gasteiger partial charge < -0.3 is 18.9 Å². The predicted molar refractivity (Wildman–Crippen MR) is 78.2 cm³/mol. The summed E-state index contributed by atoms with van der Waals surface area (Å²) in [6, 6.07) is 1.15. The van der Waals surface area contributed by atoms with E-state index >= 15 is 0 Å². The first-order valence-corrected chi connectivity index (χ1v) is 7.13. The van der Waals surface area contributed by atoms with Gasteiger partial charge in [0.1, 0.15) is 18.8 Å². The summed E-state index contributed by atoms with van der Waals surface area (Å²) in [6.45, 7) is 2.27. The Morgan fingerprint density at radius 1 is 1.25 bits per heavy atom. The van der Waals surface area contributed by atoms with Crippen LogP contribution in [0.25, 0.3) is 0 Å². The Morgan fingerprint density at radius 3 is 2.50 bits per heavy atom. The minimum absolute atomic E-state index is 0.179. The lowest BCUT2D eigenvalue weighted by molar-refractivity contribution is -0.157. The number of aromatic amines is 1. The van der Waals surface area contributed by atoms with Crippen molar-refractivity contribution in [2.24, 2.45) is 0 Å². The van der Waals surface area contributed by atoms with Gasteiger partial charge in [0.2, 0.25) is 0 Å². The normalized spacial score (nSPS) is 26.1. The molecule has 1 unspecified atom stereocenters. The minimum atomic E-state index is -0.968. The quantitative estimate of drug-likeness (QED) is 0.671. The lowest BCUT2D eigenvalue weighted by Crippen LogP contribution is -2.41. The van der Waals surface area contributed by atoms with E-state index in [0.717, 1.165) is 10.6 Å². The zero-order valence-corrected chi connectivity index (χ0v) is 13.4. The van der Waals surface area contributed by atoms with Crippen molar-refractivity contribution in [2.75, 3.05) is 13.7 Å². The van der Waals surface area contributed by atoms with Crippen molar-refractivity contribution in [2.45, 2.75) is 38.4 Å². The standard InChI is InChI=1S/C14H18N2O8/c1-7(17)22-6-9-11(23-8(2)18)12(21-3)13(24-9)16-5-4-10(19)15-14(16)20/h4-5,9,11-13H,6H2,1-3H3,(H,15,19,20)/t9-,11?,12+,13-/m1/s1. The Kier molecular flexibility index (Phi) is 5.52. The number of nitrogens with zero attached hydrogens (tertiary/aromatic N) is 1. The Labute approximate surface area is 136 Å². The molecule has 1 fully saturated rings. The highest BCUT2D eigenvalue weighted by molar-refractivity contribution is 5.66. The van der Waals surface area contributed by atoms with E-state index in [2.05, 4.69) is 4.98 Å². The molecule has 1 N–H and O–H groups in total. The van der Waals surface area contributed by atoms with Gasteiger partial charge in [0.05, 0.1) is 0 Å². The van der Waals surface area contributed by atoms with Crippen molar-refractivity contribution < 1.29 is 28.5 Å². The van der Waals surface area contributed by atoms with Gasteiger partial charge in [-0.05, 0) is 0 Å². The van der Waals surface area contributed by atoms with Crippen LogP contribution < -0.4 is 11.2 Å². The Balaban J connectivity index is 2.34. The summed E-state index contributed by atoms with van der Waals surface area (Å²) >= 11 is 0. The molecule has 132 valence electrons. The summed E-state index contributed by atoms with van der Waals surface area (Å²) in [5, 5.41) is 0. The van der Waals surface area contributed by atoms with Crippen LogP contribution in [-0.2, 0) is 28.5 Å². The maximum Gasteiger partial charge on any atom is 0.330 e. The molecule has 0 bridgehead atoms. The van der Waals surface area contributed by atoms with E-state index in [9.17, 15) is 19.2 Å². The van der Waals surface area contributed by atoms with Gasteiger partial charge in [0, 0.05) is 33.2 Å². The summed E-state index contributed by atoms with van der Waals surface area (Å²) in [4.78, 5) is 47.6. The number of carbonyl (C=O) groups is 2. The molecule has 0 radical (unpaired) electrons. The van der Waals surface area contributed by atoms with Crippen LogP contribution in [0.2, 0.25) is 0 Å². The van der Waals surface area contributed by atoms with Crippen molar-refractivity contribution in [3.8, 4) is 0 Å². The topological polar surface area (TPSA) is 126 Å². The second kappa shape index (κ2) is 7.41. The molecule has 0 saturated carbocycles. The molecule has 2 rings (SSSR count). The van der Waals surface area contributed by atoms with Gasteiger partial charge in [-0.1, -0.05) is 0 Å². The maximum atomic E-state index is 12.0. The van der Waals surface area contributed by atoms with Gasteiger partial charge in [-0.15, -0.1) is 0 Å². The molecule has 0 spiro atoms. The highest BCUT2D eigenvalue weighted by Gasteiger charge is 2.49. The third kappa shape index (κ3) is 3.89. The first-order valence-electron chi connectivity index (χ1n) is 7.13. The zero-order chi connectivity index (χ0) is 17.9. The monoisotopic (exact) mass is 342 g/mol. The lowest BCUT2D eigenvalue weighted by Gasteiger charge is -2.22. The Morgan fingerprint density at radius 2 is 1.96 bits per heavy atom. The number of rotatable bonds is 5. The van der Waals surface area contributed by atoms with Crippen molar-refractivity contribution in [1.29, 1.82) is 0 Å². The number of nitrogens with one attached hydrogen (secondary N) is 1. The second-order valence-corrected chi connectivity index (χ2v) is 5.16. The third-order valence-electron chi connectivity index (χ3n) is 3.44. The first-order chi connectivity index (χ1) is 11.3. The first kappa shape index (κ1) is 17.9. The number of methoxy groups -OCH3 is 1. The molecule has 0 amide bonds. The van der Waals surface area contributed by atoms with Crippen molar-refractivity contribution >= 4 is 11.9 Å². The van der Waals surface area contributed by atoms with Crippen LogP contribution in [0.5, 0.6) is 0 Å². The van der Waals surface area contributed by atoms with Crippen LogP contribution >= 0.6 is 0 Å². The molecule has 1 aliphatic rings. The molecule has 1 aliphatic heterocycles. The largest absolute Gasteiger partial charge is 0.463 e. The molecule has 24 heavy (non-hydrogen) atoms. The molecule has 10 nitrogen and oxygen atoms in total. The summed E-state index contributed by atoms with van der Waals surface area (Å²) < 4.78 is 22.2. The zero-order valence-electron chi connectivity index (χ0n) is 13.4. The third-order valence-corrected chi connectivity index (χ3v) is 3.44. The molecule has 1 aromatic rings. The fraction of sp³-hybridized carbons (Fsp3) is 0.571. The fourth-order valence-corrected chi connectivity index (χ4v) is 2.48. The van der Waals surface area contributed by atoms with E-state index in [0.29, 0.717) is 0 Å². The van der Waals surface area contributed by atoms with Gasteiger partial charge in [-0.3, -0.25) is 23.9 Å². The molecule has 10 heteroatoms. The highest BCUT2D eigenvalue weighted by atomic mass is 16.6. The van der Waals surface area contributed by atoms with Gasteiger partial charge in [-0.2, -0.15) is 0 Å². The van der Waals surface area contributed by atoms with Gasteiger partial charge in [-0.25, -0.2) is 4.79 Å². The molecular formula is C14H18N2O8.